The zero-order valence-corrected chi connectivity index (χ0v) is 16.9. The number of nitrogens with one attached hydrogen (secondary N) is 2. The number of ether oxygens (including phenoxy) is 1. The Labute approximate surface area is 174 Å². The Morgan fingerprint density at radius 2 is 1.79 bits per heavy atom. The Bertz CT molecular complexity index is 995. The van der Waals surface area contributed by atoms with E-state index in [1.54, 1.807) is 11.3 Å². The molecule has 1 atom stereocenters. The van der Waals surface area contributed by atoms with Crippen molar-refractivity contribution in [2.45, 2.75) is 44.1 Å². The van der Waals surface area contributed by atoms with Gasteiger partial charge < -0.3 is 15.4 Å². The van der Waals surface area contributed by atoms with E-state index in [0.29, 0.717) is 18.3 Å². The molecule has 0 spiro atoms. The van der Waals surface area contributed by atoms with Gasteiger partial charge in [0.15, 0.2) is 5.13 Å². The number of carbonyl (C=O) groups excluding carboxylic acids is 1. The highest BCUT2D eigenvalue weighted by atomic mass is 32.1. The van der Waals surface area contributed by atoms with Crippen LogP contribution in [-0.2, 0) is 4.79 Å². The molecule has 148 valence electrons. The third-order valence-corrected chi connectivity index (χ3v) is 6.61. The summed E-state index contributed by atoms with van der Waals surface area (Å²) in [6, 6.07) is 18.2. The highest BCUT2D eigenvalue weighted by Crippen LogP contribution is 2.43. The summed E-state index contributed by atoms with van der Waals surface area (Å²) in [6.07, 6.45) is 5.59. The minimum Gasteiger partial charge on any atom is -0.490 e. The van der Waals surface area contributed by atoms with E-state index in [4.69, 9.17) is 4.74 Å². The Kier molecular flexibility index (Phi) is 4.94. The topological polar surface area (TPSA) is 63.2 Å². The number of aromatic nitrogens is 1. The molecule has 1 aliphatic heterocycles. The fourth-order valence-electron chi connectivity index (χ4n) is 4.06. The fraction of sp³-hybridized carbons (Fsp3) is 0.304. The van der Waals surface area contributed by atoms with Gasteiger partial charge in [0.05, 0.1) is 11.0 Å². The number of anilines is 3. The molecule has 2 N–H and O–H groups in total. The number of thiazole rings is 1. The molecule has 6 heteroatoms. The van der Waals surface area contributed by atoms with E-state index in [2.05, 4.69) is 27.8 Å². The summed E-state index contributed by atoms with van der Waals surface area (Å²) in [5, 5.41) is 7.04. The van der Waals surface area contributed by atoms with E-state index in [1.807, 2.05) is 42.5 Å². The fourth-order valence-corrected chi connectivity index (χ4v) is 5.13. The summed E-state index contributed by atoms with van der Waals surface area (Å²) in [4.78, 5) is 18.0. The average molecular weight is 406 g/mol. The van der Waals surface area contributed by atoms with Gasteiger partial charge in [-0.1, -0.05) is 41.7 Å². The zero-order valence-electron chi connectivity index (χ0n) is 16.1. The van der Waals surface area contributed by atoms with Crippen LogP contribution in [0.1, 0.15) is 48.5 Å². The third kappa shape index (κ3) is 3.98. The molecule has 1 fully saturated rings. The van der Waals surface area contributed by atoms with Gasteiger partial charge in [-0.3, -0.25) is 4.79 Å². The zero-order chi connectivity index (χ0) is 19.6. The van der Waals surface area contributed by atoms with Gasteiger partial charge in [-0.15, -0.1) is 0 Å². The van der Waals surface area contributed by atoms with Crippen LogP contribution in [0.15, 0.2) is 54.6 Å². The Hall–Kier alpha value is -2.86. The lowest BCUT2D eigenvalue weighted by Crippen LogP contribution is -2.22. The van der Waals surface area contributed by atoms with Crippen LogP contribution >= 0.6 is 11.3 Å². The summed E-state index contributed by atoms with van der Waals surface area (Å²) in [7, 11) is 0. The second-order valence-corrected chi connectivity index (χ2v) is 8.65. The third-order valence-electron chi connectivity index (χ3n) is 5.53. The molecule has 3 aromatic rings. The standard InChI is InChI=1S/C23H23N3O2S/c27-20-14-19(15-10-12-18(13-11-15)28-17-8-4-5-9-17)21-22(25-20)26-23(29-21)24-16-6-2-1-3-7-16/h1-3,6-7,10-13,17,19H,4-5,8-9,14H2,(H,24,26)(H,25,27)/t19-/m1/s1. The molecule has 1 amide bonds. The molecular weight excluding hydrogens is 382 g/mol. The summed E-state index contributed by atoms with van der Waals surface area (Å²) in [6.45, 7) is 0. The van der Waals surface area contributed by atoms with Crippen molar-refractivity contribution in [1.82, 2.24) is 4.98 Å². The molecule has 1 saturated carbocycles. The lowest BCUT2D eigenvalue weighted by molar-refractivity contribution is -0.116. The smallest absolute Gasteiger partial charge is 0.226 e. The summed E-state index contributed by atoms with van der Waals surface area (Å²) in [5.41, 5.74) is 2.10. The number of hydrogen-bond acceptors (Lipinski definition) is 5. The van der Waals surface area contributed by atoms with Crippen LogP contribution in [0.2, 0.25) is 0 Å². The second kappa shape index (κ2) is 7.87. The maximum atomic E-state index is 12.3. The Morgan fingerprint density at radius 3 is 2.55 bits per heavy atom. The highest BCUT2D eigenvalue weighted by Gasteiger charge is 2.30. The normalized spacial score (nSPS) is 18.9. The number of hydrogen-bond donors (Lipinski definition) is 2. The first-order chi connectivity index (χ1) is 14.2. The molecule has 2 heterocycles. The predicted octanol–water partition coefficient (Wildman–Crippen LogP) is 5.68. The van der Waals surface area contributed by atoms with Crippen molar-refractivity contribution in [3.8, 4) is 5.75 Å². The largest absolute Gasteiger partial charge is 0.490 e. The van der Waals surface area contributed by atoms with Crippen LogP contribution in [0.5, 0.6) is 5.75 Å². The molecule has 0 bridgehead atoms. The van der Waals surface area contributed by atoms with E-state index in [1.165, 1.54) is 12.8 Å². The number of amides is 1. The number of rotatable bonds is 5. The molecule has 0 saturated heterocycles. The monoisotopic (exact) mass is 405 g/mol. The van der Waals surface area contributed by atoms with Gasteiger partial charge in [0.25, 0.3) is 0 Å². The first kappa shape index (κ1) is 18.2. The van der Waals surface area contributed by atoms with Crippen molar-refractivity contribution in [3.05, 3.63) is 65.0 Å². The predicted molar refractivity (Wildman–Crippen MR) is 116 cm³/mol. The van der Waals surface area contributed by atoms with Crippen molar-refractivity contribution in [3.63, 3.8) is 0 Å². The first-order valence-electron chi connectivity index (χ1n) is 10.1. The van der Waals surface area contributed by atoms with Gasteiger partial charge in [-0.2, -0.15) is 0 Å². The molecule has 1 aliphatic carbocycles. The van der Waals surface area contributed by atoms with Crippen molar-refractivity contribution in [1.29, 1.82) is 0 Å². The van der Waals surface area contributed by atoms with Gasteiger partial charge >= 0.3 is 0 Å². The van der Waals surface area contributed by atoms with Gasteiger partial charge in [-0.05, 0) is 55.5 Å². The number of para-hydroxylation sites is 1. The summed E-state index contributed by atoms with van der Waals surface area (Å²) in [5.74, 6) is 1.60. The molecule has 1 aromatic heterocycles. The van der Waals surface area contributed by atoms with E-state index in [-0.39, 0.29) is 11.8 Å². The molecule has 29 heavy (non-hydrogen) atoms. The van der Waals surface area contributed by atoms with Gasteiger partial charge in [0, 0.05) is 18.0 Å². The second-order valence-electron chi connectivity index (χ2n) is 7.62. The number of fused-ring (bicyclic) bond motifs is 1. The maximum Gasteiger partial charge on any atom is 0.226 e. The average Bonchev–Trinajstić information content (AvgIpc) is 3.38. The molecule has 2 aliphatic rings. The van der Waals surface area contributed by atoms with Crippen molar-refractivity contribution in [2.24, 2.45) is 0 Å². The lowest BCUT2D eigenvalue weighted by Gasteiger charge is -2.22. The van der Waals surface area contributed by atoms with Gasteiger partial charge in [-0.25, -0.2) is 4.98 Å². The van der Waals surface area contributed by atoms with E-state index < -0.39 is 0 Å². The van der Waals surface area contributed by atoms with Crippen molar-refractivity contribution < 1.29 is 9.53 Å². The highest BCUT2D eigenvalue weighted by molar-refractivity contribution is 7.16. The molecular formula is C23H23N3O2S. The molecule has 0 radical (unpaired) electrons. The van der Waals surface area contributed by atoms with Gasteiger partial charge in [0.1, 0.15) is 11.6 Å². The minimum absolute atomic E-state index is 0.00495. The number of benzene rings is 2. The summed E-state index contributed by atoms with van der Waals surface area (Å²) < 4.78 is 6.08. The molecule has 5 nitrogen and oxygen atoms in total. The van der Waals surface area contributed by atoms with E-state index in [9.17, 15) is 4.79 Å². The van der Waals surface area contributed by atoms with E-state index in [0.717, 1.165) is 39.9 Å². The Morgan fingerprint density at radius 1 is 1.03 bits per heavy atom. The number of carbonyl (C=O) groups is 1. The van der Waals surface area contributed by atoms with Crippen LogP contribution in [0.3, 0.4) is 0 Å². The van der Waals surface area contributed by atoms with E-state index >= 15 is 0 Å². The molecule has 2 aromatic carbocycles. The summed E-state index contributed by atoms with van der Waals surface area (Å²) >= 11 is 1.60. The molecule has 0 unspecified atom stereocenters. The maximum absolute atomic E-state index is 12.3. The van der Waals surface area contributed by atoms with Crippen LogP contribution in [-0.4, -0.2) is 17.0 Å². The van der Waals surface area contributed by atoms with Crippen LogP contribution in [0.25, 0.3) is 0 Å². The first-order valence-corrected chi connectivity index (χ1v) is 11.0. The lowest BCUT2D eigenvalue weighted by atomic mass is 9.91. The SMILES string of the molecule is O=C1C[C@H](c2ccc(OC3CCCC3)cc2)c2sc(Nc3ccccc3)nc2N1. The quantitative estimate of drug-likeness (QED) is 0.573. The van der Waals surface area contributed by atoms with Crippen LogP contribution in [0.4, 0.5) is 16.6 Å². The van der Waals surface area contributed by atoms with Crippen molar-refractivity contribution >= 4 is 33.9 Å². The minimum atomic E-state index is 0.00495. The van der Waals surface area contributed by atoms with Gasteiger partial charge in [0.2, 0.25) is 5.91 Å². The Balaban J connectivity index is 1.37. The van der Waals surface area contributed by atoms with Crippen LogP contribution < -0.4 is 15.4 Å². The van der Waals surface area contributed by atoms with Crippen LogP contribution in [0, 0.1) is 0 Å². The van der Waals surface area contributed by atoms with Crippen molar-refractivity contribution in [2.75, 3.05) is 10.6 Å². The number of nitrogens with zero attached hydrogens (tertiary/aromatic N) is 1. The molecule has 5 rings (SSSR count).